The van der Waals surface area contributed by atoms with Gasteiger partial charge in [-0.3, -0.25) is 24.9 Å². The number of rotatable bonds is 4. The van der Waals surface area contributed by atoms with Crippen molar-refractivity contribution in [3.05, 3.63) is 70.7 Å². The summed E-state index contributed by atoms with van der Waals surface area (Å²) in [6.07, 6.45) is -2.87. The van der Waals surface area contributed by atoms with Gasteiger partial charge in [0.25, 0.3) is 0 Å². The van der Waals surface area contributed by atoms with Crippen LogP contribution in [0, 0.1) is 11.8 Å². The summed E-state index contributed by atoms with van der Waals surface area (Å²) in [6, 6.07) is 8.51. The molecule has 2 aliphatic rings. The summed E-state index contributed by atoms with van der Waals surface area (Å²) in [4.78, 5) is 25.4. The summed E-state index contributed by atoms with van der Waals surface area (Å²) >= 11 is 0. The number of amides is 2. The van der Waals surface area contributed by atoms with Crippen LogP contribution in [0.1, 0.15) is 28.1 Å². The summed E-state index contributed by atoms with van der Waals surface area (Å²) in [5.74, 6) is 6.18. The summed E-state index contributed by atoms with van der Waals surface area (Å²) < 4.78 is 43.0. The molecule has 5 rings (SSSR count). The lowest BCUT2D eigenvalue weighted by molar-refractivity contribution is -0.138. The summed E-state index contributed by atoms with van der Waals surface area (Å²) in [5.41, 5.74) is 2.30. The third-order valence-corrected chi connectivity index (χ3v) is 6.62. The van der Waals surface area contributed by atoms with Gasteiger partial charge in [-0.25, -0.2) is 4.79 Å². The third kappa shape index (κ3) is 6.27. The van der Waals surface area contributed by atoms with E-state index in [4.69, 9.17) is 0 Å². The molecule has 12 heteroatoms. The lowest BCUT2D eigenvalue weighted by Crippen LogP contribution is -2.44. The first kappa shape index (κ1) is 26.4. The number of piperazine rings is 1. The zero-order chi connectivity index (χ0) is 27.6. The van der Waals surface area contributed by atoms with Gasteiger partial charge in [0.2, 0.25) is 0 Å². The Morgan fingerprint density at radius 2 is 1.85 bits per heavy atom. The number of anilines is 2. The fourth-order valence-corrected chi connectivity index (χ4v) is 4.47. The molecule has 1 aromatic carbocycles. The van der Waals surface area contributed by atoms with Gasteiger partial charge in [-0.2, -0.15) is 18.3 Å². The molecule has 9 nitrogen and oxygen atoms in total. The van der Waals surface area contributed by atoms with Crippen molar-refractivity contribution in [3.63, 3.8) is 0 Å². The second-order valence-corrected chi connectivity index (χ2v) is 9.49. The number of likely N-dealkylation sites (N-methyl/N-ethyl adjacent to an activating group) is 1. The number of hydrogen-bond donors (Lipinski definition) is 2. The number of carbonyl (C=O) groups is 1. The molecule has 0 atom stereocenters. The van der Waals surface area contributed by atoms with E-state index in [0.29, 0.717) is 31.0 Å². The summed E-state index contributed by atoms with van der Waals surface area (Å²) in [7, 11) is 3.66. The second kappa shape index (κ2) is 10.9. The summed E-state index contributed by atoms with van der Waals surface area (Å²) in [5, 5.41) is 9.25. The Labute approximate surface area is 223 Å². The van der Waals surface area contributed by atoms with Crippen LogP contribution < -0.4 is 10.6 Å². The molecule has 2 aromatic heterocycles. The molecule has 1 fully saturated rings. The third-order valence-electron chi connectivity index (χ3n) is 6.62. The van der Waals surface area contributed by atoms with Crippen LogP contribution in [0.15, 0.2) is 47.6 Å². The topological polar surface area (TPSA) is 90.7 Å². The van der Waals surface area contributed by atoms with Gasteiger partial charge in [0.05, 0.1) is 12.1 Å². The Kier molecular flexibility index (Phi) is 7.36. The van der Waals surface area contributed by atoms with E-state index in [1.807, 2.05) is 24.1 Å². The number of urea groups is 1. The first-order valence-corrected chi connectivity index (χ1v) is 12.4. The number of hydrogen-bond acceptors (Lipinski definition) is 6. The van der Waals surface area contributed by atoms with E-state index < -0.39 is 17.8 Å². The number of aryl methyl sites for hydroxylation is 1. The Morgan fingerprint density at radius 1 is 1.05 bits per heavy atom. The average Bonchev–Trinajstić information content (AvgIpc) is 3.46. The van der Waals surface area contributed by atoms with Crippen molar-refractivity contribution in [2.45, 2.75) is 19.3 Å². The molecular weight excluding hydrogens is 509 g/mol. The monoisotopic (exact) mass is 536 g/mol. The summed E-state index contributed by atoms with van der Waals surface area (Å²) in [6.45, 7) is 3.74. The van der Waals surface area contributed by atoms with E-state index >= 15 is 0 Å². The number of aromatic nitrogens is 3. The van der Waals surface area contributed by atoms with Crippen LogP contribution >= 0.6 is 0 Å². The molecule has 3 aromatic rings. The van der Waals surface area contributed by atoms with Gasteiger partial charge in [-0.15, -0.1) is 0 Å². The predicted octanol–water partition coefficient (Wildman–Crippen LogP) is 3.58. The highest BCUT2D eigenvalue weighted by Crippen LogP contribution is 2.34. The van der Waals surface area contributed by atoms with Crippen LogP contribution in [0.3, 0.4) is 0 Å². The molecular formula is C27H27F3N8O. The number of alkyl halides is 3. The maximum Gasteiger partial charge on any atom is 0.416 e. The Balaban J connectivity index is 1.25. The molecule has 2 amide bonds. The Bertz CT molecular complexity index is 1480. The highest BCUT2D eigenvalue weighted by atomic mass is 19.4. The smallest absolute Gasteiger partial charge is 0.308 e. The largest absolute Gasteiger partial charge is 0.416 e. The van der Waals surface area contributed by atoms with Crippen LogP contribution in [0.4, 0.5) is 29.5 Å². The number of aliphatic imine (C=N–C) groups is 1. The number of carbonyl (C=O) groups excluding carboxylic acids is 1. The van der Waals surface area contributed by atoms with Crippen molar-refractivity contribution >= 4 is 23.2 Å². The lowest BCUT2D eigenvalue weighted by Gasteiger charge is -2.33. The fraction of sp³-hybridized carbons (Fsp3) is 0.333. The number of nitrogens with zero attached hydrogens (tertiary/aromatic N) is 6. The van der Waals surface area contributed by atoms with Gasteiger partial charge >= 0.3 is 12.2 Å². The number of fused-ring (bicyclic) bond motifs is 1. The van der Waals surface area contributed by atoms with E-state index in [1.165, 1.54) is 16.8 Å². The van der Waals surface area contributed by atoms with Crippen molar-refractivity contribution in [2.24, 2.45) is 12.0 Å². The average molecular weight is 537 g/mol. The molecule has 39 heavy (non-hydrogen) atoms. The molecule has 0 bridgehead atoms. The minimum Gasteiger partial charge on any atom is -0.308 e. The fourth-order valence-electron chi connectivity index (χ4n) is 4.47. The van der Waals surface area contributed by atoms with Gasteiger partial charge < -0.3 is 10.2 Å². The highest BCUT2D eigenvalue weighted by Gasteiger charge is 2.34. The number of halogens is 3. The standard InChI is InChI=1S/C27H27F3N8O/c1-36-10-12-38(13-11-36)17-19-5-6-20(14-22(19)27(28,29)30)33-26(39)34-24-15-21(37(2)35-24)7-8-23-25-18(16-32-23)4-3-9-31-25/h3-6,9,14-15H,10-13,16-17H2,1-2H3,(H2,33,34,35,39). The van der Waals surface area contributed by atoms with Gasteiger partial charge in [0.15, 0.2) is 5.82 Å². The molecule has 0 unspecified atom stereocenters. The first-order chi connectivity index (χ1) is 18.7. The molecule has 2 N–H and O–H groups in total. The molecule has 0 aliphatic carbocycles. The van der Waals surface area contributed by atoms with Crippen molar-refractivity contribution in [1.82, 2.24) is 24.6 Å². The van der Waals surface area contributed by atoms with Crippen molar-refractivity contribution in [3.8, 4) is 11.8 Å². The Morgan fingerprint density at radius 3 is 2.62 bits per heavy atom. The minimum absolute atomic E-state index is 0.0308. The Hall–Kier alpha value is -4.21. The van der Waals surface area contributed by atoms with Crippen LogP contribution in [0.25, 0.3) is 0 Å². The van der Waals surface area contributed by atoms with Crippen molar-refractivity contribution in [2.75, 3.05) is 43.9 Å². The number of pyridine rings is 1. The van der Waals surface area contributed by atoms with E-state index in [-0.39, 0.29) is 23.6 Å². The maximum atomic E-state index is 13.8. The van der Waals surface area contributed by atoms with Crippen molar-refractivity contribution < 1.29 is 18.0 Å². The molecule has 0 spiro atoms. The number of nitrogens with one attached hydrogen (secondary N) is 2. The predicted molar refractivity (Wildman–Crippen MR) is 141 cm³/mol. The van der Waals surface area contributed by atoms with Gasteiger partial charge in [0, 0.05) is 63.3 Å². The molecule has 202 valence electrons. The van der Waals surface area contributed by atoms with Crippen LogP contribution in [0.5, 0.6) is 0 Å². The van der Waals surface area contributed by atoms with E-state index in [9.17, 15) is 18.0 Å². The molecule has 0 radical (unpaired) electrons. The molecule has 2 aliphatic heterocycles. The zero-order valence-corrected chi connectivity index (χ0v) is 21.5. The maximum absolute atomic E-state index is 13.8. The van der Waals surface area contributed by atoms with Crippen LogP contribution in [0.2, 0.25) is 0 Å². The normalized spacial score (nSPS) is 15.8. The van der Waals surface area contributed by atoms with Crippen LogP contribution in [-0.2, 0) is 26.3 Å². The highest BCUT2D eigenvalue weighted by molar-refractivity contribution is 6.14. The van der Waals surface area contributed by atoms with Gasteiger partial charge in [-0.05, 0) is 42.7 Å². The van der Waals surface area contributed by atoms with E-state index in [1.54, 1.807) is 19.3 Å². The van der Waals surface area contributed by atoms with E-state index in [0.717, 1.165) is 30.4 Å². The first-order valence-electron chi connectivity index (χ1n) is 12.4. The SMILES string of the molecule is CN1CCN(Cc2ccc(NC(=O)Nc3cc(C#CC4=NCc5cccnc54)n(C)n3)cc2C(F)(F)F)CC1. The van der Waals surface area contributed by atoms with Crippen molar-refractivity contribution in [1.29, 1.82) is 0 Å². The van der Waals surface area contributed by atoms with E-state index in [2.05, 4.69) is 42.4 Å². The van der Waals surface area contributed by atoms with Gasteiger partial charge in [0.1, 0.15) is 17.1 Å². The minimum atomic E-state index is -4.55. The lowest BCUT2D eigenvalue weighted by atomic mass is 10.0. The zero-order valence-electron chi connectivity index (χ0n) is 21.5. The number of benzene rings is 1. The quantitative estimate of drug-likeness (QED) is 0.498. The molecule has 1 saturated heterocycles. The molecule has 4 heterocycles. The van der Waals surface area contributed by atoms with Crippen LogP contribution in [-0.4, -0.2) is 69.5 Å². The molecule has 0 saturated carbocycles. The van der Waals surface area contributed by atoms with Gasteiger partial charge in [-0.1, -0.05) is 12.1 Å². The second-order valence-electron chi connectivity index (χ2n) is 9.49.